The molecule has 2 aromatic heterocycles. The van der Waals surface area contributed by atoms with Crippen LogP contribution in [0.5, 0.6) is 0 Å². The minimum absolute atomic E-state index is 0.0542. The molecular formula is C35H32N2O2S. The van der Waals surface area contributed by atoms with Gasteiger partial charge in [0, 0.05) is 40.5 Å². The Balaban J connectivity index is 1.47. The predicted octanol–water partition coefficient (Wildman–Crippen LogP) is 8.85. The Hall–Kier alpha value is -3.70. The highest BCUT2D eigenvalue weighted by Gasteiger charge is 2.42. The lowest BCUT2D eigenvalue weighted by atomic mass is 9.69. The average molecular weight is 545 g/mol. The number of hydrogen-bond donors (Lipinski definition) is 0. The second kappa shape index (κ2) is 7.94. The van der Waals surface area contributed by atoms with Crippen molar-refractivity contribution in [1.82, 2.24) is 4.98 Å². The zero-order chi connectivity index (χ0) is 27.6. The fraction of sp³-hybridized carbons (Fsp3) is 0.314. The van der Waals surface area contributed by atoms with Gasteiger partial charge in [0.25, 0.3) is 0 Å². The minimum Gasteiger partial charge on any atom is -0.422 e. The third kappa shape index (κ3) is 3.13. The molecule has 4 aromatic carbocycles. The number of anilines is 1. The summed E-state index contributed by atoms with van der Waals surface area (Å²) in [6, 6.07) is 19.3. The van der Waals surface area contributed by atoms with Crippen LogP contribution in [0.25, 0.3) is 53.3 Å². The summed E-state index contributed by atoms with van der Waals surface area (Å²) < 4.78 is 7.47. The van der Waals surface area contributed by atoms with E-state index in [0.717, 1.165) is 63.1 Å². The fourth-order valence-electron chi connectivity index (χ4n) is 7.25. The van der Waals surface area contributed by atoms with Crippen LogP contribution in [0.3, 0.4) is 0 Å². The summed E-state index contributed by atoms with van der Waals surface area (Å²) >= 11 is 1.60. The highest BCUT2D eigenvalue weighted by Crippen LogP contribution is 2.52. The molecule has 2 aliphatic rings. The molecule has 0 radical (unpaired) electrons. The van der Waals surface area contributed by atoms with Crippen molar-refractivity contribution >= 4 is 59.8 Å². The molecule has 8 rings (SSSR count). The van der Waals surface area contributed by atoms with Gasteiger partial charge < -0.3 is 9.32 Å². The third-order valence-electron chi connectivity index (χ3n) is 9.65. The first-order valence-corrected chi connectivity index (χ1v) is 15.1. The van der Waals surface area contributed by atoms with E-state index in [1.54, 1.807) is 11.3 Å². The van der Waals surface area contributed by atoms with Crippen molar-refractivity contribution in [1.29, 1.82) is 0 Å². The number of thiazole rings is 1. The van der Waals surface area contributed by atoms with Gasteiger partial charge in [-0.3, -0.25) is 0 Å². The molecule has 4 heterocycles. The summed E-state index contributed by atoms with van der Waals surface area (Å²) in [6.07, 6.45) is 2.16. The summed E-state index contributed by atoms with van der Waals surface area (Å²) in [5.74, 6) is 0. The Morgan fingerprint density at radius 2 is 1.48 bits per heavy atom. The maximum Gasteiger partial charge on any atom is 0.346 e. The zero-order valence-corrected chi connectivity index (χ0v) is 24.5. The Kier molecular flexibility index (Phi) is 4.79. The molecule has 200 valence electrons. The van der Waals surface area contributed by atoms with Gasteiger partial charge in [0.15, 0.2) is 0 Å². The van der Waals surface area contributed by atoms with Gasteiger partial charge in [-0.1, -0.05) is 76.2 Å². The number of aromatic nitrogens is 1. The Morgan fingerprint density at radius 1 is 0.850 bits per heavy atom. The van der Waals surface area contributed by atoms with Gasteiger partial charge in [-0.15, -0.1) is 11.3 Å². The van der Waals surface area contributed by atoms with Crippen molar-refractivity contribution in [3.05, 3.63) is 81.7 Å². The first kappa shape index (κ1) is 24.1. The van der Waals surface area contributed by atoms with Crippen LogP contribution >= 0.6 is 11.3 Å². The second-order valence-electron chi connectivity index (χ2n) is 13.0. The van der Waals surface area contributed by atoms with Crippen LogP contribution in [0, 0.1) is 6.92 Å². The molecule has 4 nitrogen and oxygen atoms in total. The van der Waals surface area contributed by atoms with Crippen LogP contribution in [0.2, 0.25) is 0 Å². The zero-order valence-electron chi connectivity index (χ0n) is 23.6. The molecule has 2 aliphatic heterocycles. The van der Waals surface area contributed by atoms with E-state index in [1.807, 2.05) is 0 Å². The molecule has 0 amide bonds. The predicted molar refractivity (Wildman–Crippen MR) is 168 cm³/mol. The Bertz CT molecular complexity index is 2040. The van der Waals surface area contributed by atoms with E-state index in [-0.39, 0.29) is 16.5 Å². The van der Waals surface area contributed by atoms with E-state index >= 15 is 0 Å². The molecule has 0 aliphatic carbocycles. The second-order valence-corrected chi connectivity index (χ2v) is 14.0. The van der Waals surface area contributed by atoms with Crippen molar-refractivity contribution in [2.75, 3.05) is 18.0 Å². The quantitative estimate of drug-likeness (QED) is 0.153. The van der Waals surface area contributed by atoms with Crippen molar-refractivity contribution in [2.45, 2.75) is 58.3 Å². The molecule has 0 saturated heterocycles. The van der Waals surface area contributed by atoms with E-state index in [2.05, 4.69) is 94.1 Å². The SMILES string of the molecule is Cc1c(-c2nc3c4ccccc4c4ccccc4c3s2)c(=O)oc2c3c4c(cc12)C(C)(C)CCN4CCC3(C)C. The van der Waals surface area contributed by atoms with Gasteiger partial charge in [-0.25, -0.2) is 9.78 Å². The summed E-state index contributed by atoms with van der Waals surface area (Å²) in [6.45, 7) is 13.5. The van der Waals surface area contributed by atoms with Gasteiger partial charge in [0.05, 0.1) is 15.8 Å². The Morgan fingerprint density at radius 3 is 2.20 bits per heavy atom. The smallest absolute Gasteiger partial charge is 0.346 e. The van der Waals surface area contributed by atoms with E-state index in [0.29, 0.717) is 5.56 Å². The molecule has 6 aromatic rings. The summed E-state index contributed by atoms with van der Waals surface area (Å²) in [7, 11) is 0. The number of nitrogens with zero attached hydrogens (tertiary/aromatic N) is 2. The summed E-state index contributed by atoms with van der Waals surface area (Å²) in [5.41, 5.74) is 6.82. The molecule has 5 heteroatoms. The van der Waals surface area contributed by atoms with Crippen LogP contribution in [0.15, 0.2) is 63.8 Å². The van der Waals surface area contributed by atoms with Crippen molar-refractivity contribution in [3.8, 4) is 10.6 Å². The number of aryl methyl sites for hydroxylation is 1. The monoisotopic (exact) mass is 544 g/mol. The van der Waals surface area contributed by atoms with Crippen LogP contribution in [-0.4, -0.2) is 18.1 Å². The molecule has 0 atom stereocenters. The lowest BCUT2D eigenvalue weighted by Gasteiger charge is -2.48. The molecule has 0 spiro atoms. The van der Waals surface area contributed by atoms with Crippen LogP contribution in [0.4, 0.5) is 5.69 Å². The first-order valence-electron chi connectivity index (χ1n) is 14.3. The number of benzene rings is 4. The minimum atomic E-state index is -0.295. The van der Waals surface area contributed by atoms with E-state index < -0.39 is 0 Å². The largest absolute Gasteiger partial charge is 0.422 e. The standard InChI is InChI=1S/C35H32N2O2S/c1-19-24-18-25-29-27(35(4,5)15-17-37(29)16-14-34(25,2)3)30(24)39-33(38)26(19)32-36-28-22-12-8-6-10-20(22)21-11-7-9-13-23(21)31(28)40-32/h6-13,18H,14-17H2,1-5H3. The van der Waals surface area contributed by atoms with Crippen molar-refractivity contribution < 1.29 is 4.42 Å². The van der Waals surface area contributed by atoms with E-state index in [9.17, 15) is 4.79 Å². The fourth-order valence-corrected chi connectivity index (χ4v) is 8.46. The number of fused-ring (bicyclic) bond motifs is 8. The van der Waals surface area contributed by atoms with Crippen molar-refractivity contribution in [2.24, 2.45) is 0 Å². The van der Waals surface area contributed by atoms with Gasteiger partial charge in [0.1, 0.15) is 10.6 Å². The van der Waals surface area contributed by atoms with Gasteiger partial charge in [-0.2, -0.15) is 0 Å². The molecule has 40 heavy (non-hydrogen) atoms. The lowest BCUT2D eigenvalue weighted by Crippen LogP contribution is -2.44. The normalized spacial score (nSPS) is 17.7. The van der Waals surface area contributed by atoms with E-state index in [4.69, 9.17) is 9.40 Å². The first-order chi connectivity index (χ1) is 19.2. The lowest BCUT2D eigenvalue weighted by molar-refractivity contribution is 0.398. The average Bonchev–Trinajstić information content (AvgIpc) is 3.37. The van der Waals surface area contributed by atoms with Crippen LogP contribution < -0.4 is 10.5 Å². The maximum atomic E-state index is 13.9. The summed E-state index contributed by atoms with van der Waals surface area (Å²) in [4.78, 5) is 21.6. The van der Waals surface area contributed by atoms with Crippen LogP contribution in [-0.2, 0) is 10.8 Å². The summed E-state index contributed by atoms with van der Waals surface area (Å²) in [5, 5.41) is 6.46. The van der Waals surface area contributed by atoms with Gasteiger partial charge in [0.2, 0.25) is 0 Å². The highest BCUT2D eigenvalue weighted by molar-refractivity contribution is 7.22. The van der Waals surface area contributed by atoms with Gasteiger partial charge in [-0.05, 0) is 58.6 Å². The van der Waals surface area contributed by atoms with Gasteiger partial charge >= 0.3 is 5.63 Å². The Labute approximate surface area is 237 Å². The number of rotatable bonds is 1. The molecular weight excluding hydrogens is 512 g/mol. The van der Waals surface area contributed by atoms with Crippen molar-refractivity contribution in [3.63, 3.8) is 0 Å². The molecule has 0 saturated carbocycles. The number of hydrogen-bond acceptors (Lipinski definition) is 5. The third-order valence-corrected chi connectivity index (χ3v) is 10.8. The molecule has 0 unspecified atom stereocenters. The molecule has 0 bridgehead atoms. The molecule has 0 N–H and O–H groups in total. The van der Waals surface area contributed by atoms with E-state index in [1.165, 1.54) is 33.0 Å². The highest BCUT2D eigenvalue weighted by atomic mass is 32.1. The topological polar surface area (TPSA) is 46.3 Å². The van der Waals surface area contributed by atoms with Crippen LogP contribution in [0.1, 0.15) is 57.2 Å². The molecule has 0 fully saturated rings. The maximum absolute atomic E-state index is 13.9.